The summed E-state index contributed by atoms with van der Waals surface area (Å²) in [5, 5.41) is 11.3. The molecule has 0 aliphatic heterocycles. The highest BCUT2D eigenvalue weighted by molar-refractivity contribution is 5.94. The fourth-order valence-electron chi connectivity index (χ4n) is 3.62. The van der Waals surface area contributed by atoms with Gasteiger partial charge in [-0.25, -0.2) is 0 Å². The molecule has 1 heterocycles. The topological polar surface area (TPSA) is 71.3 Å². The molecule has 0 saturated heterocycles. The number of benzene rings is 3. The zero-order valence-corrected chi connectivity index (χ0v) is 19.0. The first-order valence-corrected chi connectivity index (χ1v) is 11.2. The highest BCUT2D eigenvalue weighted by Gasteiger charge is 2.13. The predicted molar refractivity (Wildman–Crippen MR) is 131 cm³/mol. The minimum atomic E-state index is -0.0795. The third-order valence-electron chi connectivity index (χ3n) is 5.60. The molecule has 0 bridgehead atoms. The van der Waals surface area contributed by atoms with Crippen molar-refractivity contribution in [3.8, 4) is 22.9 Å². The van der Waals surface area contributed by atoms with Crippen molar-refractivity contribution in [2.75, 3.05) is 25.0 Å². The number of carbonyl (C=O) groups excluding carboxylic acids is 1. The van der Waals surface area contributed by atoms with Gasteiger partial charge < -0.3 is 14.6 Å². The van der Waals surface area contributed by atoms with Crippen molar-refractivity contribution in [1.82, 2.24) is 15.5 Å². The van der Waals surface area contributed by atoms with E-state index in [1.165, 1.54) is 5.69 Å². The van der Waals surface area contributed by atoms with Crippen LogP contribution in [-0.4, -0.2) is 36.2 Å². The molecule has 0 fully saturated rings. The molecular formula is C27H28N4O2. The van der Waals surface area contributed by atoms with E-state index in [1.807, 2.05) is 61.5 Å². The van der Waals surface area contributed by atoms with Crippen molar-refractivity contribution in [2.45, 2.75) is 19.8 Å². The lowest BCUT2D eigenvalue weighted by atomic mass is 10.1. The molecule has 6 nitrogen and oxygen atoms in total. The summed E-state index contributed by atoms with van der Waals surface area (Å²) in [6, 6.07) is 25.4. The van der Waals surface area contributed by atoms with Crippen molar-refractivity contribution in [2.24, 2.45) is 0 Å². The van der Waals surface area contributed by atoms with E-state index in [9.17, 15) is 4.79 Å². The van der Waals surface area contributed by atoms with E-state index < -0.39 is 0 Å². The van der Waals surface area contributed by atoms with Gasteiger partial charge in [-0.3, -0.25) is 4.79 Å². The third-order valence-corrected chi connectivity index (χ3v) is 5.60. The van der Waals surface area contributed by atoms with Crippen LogP contribution in [0.5, 0.6) is 0 Å². The second-order valence-corrected chi connectivity index (χ2v) is 8.02. The van der Waals surface area contributed by atoms with Crippen molar-refractivity contribution < 1.29 is 9.21 Å². The van der Waals surface area contributed by atoms with Crippen LogP contribution < -0.4 is 10.2 Å². The molecule has 0 aliphatic rings. The maximum Gasteiger partial charge on any atom is 0.251 e. The Bertz CT molecular complexity index is 1190. The van der Waals surface area contributed by atoms with Gasteiger partial charge in [-0.1, -0.05) is 36.4 Å². The Hall–Kier alpha value is -3.93. The van der Waals surface area contributed by atoms with Crippen molar-refractivity contribution >= 4 is 11.6 Å². The fourth-order valence-corrected chi connectivity index (χ4v) is 3.62. The average Bonchev–Trinajstić information content (AvgIpc) is 3.34. The number of unbranched alkanes of at least 4 members (excludes halogenated alkanes) is 1. The van der Waals surface area contributed by atoms with E-state index >= 15 is 0 Å². The molecule has 1 amide bonds. The van der Waals surface area contributed by atoms with E-state index in [-0.39, 0.29) is 5.91 Å². The normalized spacial score (nSPS) is 10.7. The molecular weight excluding hydrogens is 412 g/mol. The van der Waals surface area contributed by atoms with Crippen LogP contribution in [0.15, 0.2) is 83.3 Å². The number of aryl methyl sites for hydroxylation is 1. The lowest BCUT2D eigenvalue weighted by molar-refractivity contribution is 0.0953. The molecule has 0 aliphatic carbocycles. The number of nitrogens with one attached hydrogen (secondary N) is 1. The summed E-state index contributed by atoms with van der Waals surface area (Å²) >= 11 is 0. The number of amides is 1. The average molecular weight is 441 g/mol. The van der Waals surface area contributed by atoms with Crippen LogP contribution in [0.25, 0.3) is 22.9 Å². The standard InChI is InChI=1S/C27H28N4O2/c1-20-10-6-7-13-24(20)27-30-29-26(33-27)22-16-14-21(15-17-22)25(32)28-18-8-9-19-31(2)23-11-4-3-5-12-23/h3-7,10-17H,8-9,18-19H2,1-2H3,(H,28,32). The summed E-state index contributed by atoms with van der Waals surface area (Å²) in [4.78, 5) is 14.7. The van der Waals surface area contributed by atoms with Gasteiger partial charge in [0, 0.05) is 42.5 Å². The number of anilines is 1. The summed E-state index contributed by atoms with van der Waals surface area (Å²) in [6.07, 6.45) is 1.93. The highest BCUT2D eigenvalue weighted by Crippen LogP contribution is 2.26. The Morgan fingerprint density at radius 3 is 2.33 bits per heavy atom. The maximum absolute atomic E-state index is 12.5. The van der Waals surface area contributed by atoms with Gasteiger partial charge in [0.15, 0.2) is 0 Å². The molecule has 168 valence electrons. The first-order valence-electron chi connectivity index (χ1n) is 11.2. The van der Waals surface area contributed by atoms with E-state index in [0.29, 0.717) is 23.9 Å². The van der Waals surface area contributed by atoms with Crippen molar-refractivity contribution in [3.05, 3.63) is 90.0 Å². The van der Waals surface area contributed by atoms with Gasteiger partial charge in [0.05, 0.1) is 0 Å². The molecule has 0 unspecified atom stereocenters. The zero-order valence-electron chi connectivity index (χ0n) is 19.0. The Balaban J connectivity index is 1.26. The molecule has 6 heteroatoms. The van der Waals surface area contributed by atoms with Crippen molar-refractivity contribution in [1.29, 1.82) is 0 Å². The summed E-state index contributed by atoms with van der Waals surface area (Å²) in [6.45, 7) is 3.60. The van der Waals surface area contributed by atoms with Crippen molar-refractivity contribution in [3.63, 3.8) is 0 Å². The monoisotopic (exact) mass is 440 g/mol. The molecule has 4 rings (SSSR count). The predicted octanol–water partition coefficient (Wildman–Crippen LogP) is 5.36. The second kappa shape index (κ2) is 10.6. The highest BCUT2D eigenvalue weighted by atomic mass is 16.4. The summed E-state index contributed by atoms with van der Waals surface area (Å²) in [5.41, 5.74) is 4.59. The van der Waals surface area contributed by atoms with Crippen LogP contribution in [0.2, 0.25) is 0 Å². The minimum absolute atomic E-state index is 0.0795. The van der Waals surface area contributed by atoms with E-state index in [1.54, 1.807) is 12.1 Å². The first kappa shape index (κ1) is 22.3. The number of hydrogen-bond donors (Lipinski definition) is 1. The minimum Gasteiger partial charge on any atom is -0.416 e. The lowest BCUT2D eigenvalue weighted by Gasteiger charge is -2.19. The lowest BCUT2D eigenvalue weighted by Crippen LogP contribution is -2.25. The van der Waals surface area contributed by atoms with Crippen LogP contribution in [0.4, 0.5) is 5.69 Å². The molecule has 0 radical (unpaired) electrons. The number of para-hydroxylation sites is 1. The molecule has 0 atom stereocenters. The smallest absolute Gasteiger partial charge is 0.251 e. The number of nitrogens with zero attached hydrogens (tertiary/aromatic N) is 3. The molecule has 0 spiro atoms. The van der Waals surface area contributed by atoms with Gasteiger partial charge in [-0.15, -0.1) is 10.2 Å². The summed E-state index contributed by atoms with van der Waals surface area (Å²) < 4.78 is 5.85. The molecule has 0 saturated carbocycles. The number of aromatic nitrogens is 2. The number of carbonyl (C=O) groups is 1. The summed E-state index contributed by atoms with van der Waals surface area (Å²) in [5.74, 6) is 0.842. The van der Waals surface area contributed by atoms with Gasteiger partial charge in [-0.2, -0.15) is 0 Å². The number of hydrogen-bond acceptors (Lipinski definition) is 5. The molecule has 3 aromatic carbocycles. The molecule has 33 heavy (non-hydrogen) atoms. The van der Waals surface area contributed by atoms with Crippen LogP contribution in [-0.2, 0) is 0 Å². The van der Waals surface area contributed by atoms with E-state index in [2.05, 4.69) is 39.6 Å². The fraction of sp³-hybridized carbons (Fsp3) is 0.222. The van der Waals surface area contributed by atoms with Crippen LogP contribution in [0.3, 0.4) is 0 Å². The van der Waals surface area contributed by atoms with Gasteiger partial charge in [-0.05, 0) is 67.8 Å². The Kier molecular flexibility index (Phi) is 7.15. The molecule has 1 aromatic heterocycles. The Morgan fingerprint density at radius 1 is 0.879 bits per heavy atom. The molecule has 4 aromatic rings. The first-order chi connectivity index (χ1) is 16.1. The zero-order chi connectivity index (χ0) is 23.0. The largest absolute Gasteiger partial charge is 0.416 e. The van der Waals surface area contributed by atoms with Crippen LogP contribution in [0.1, 0.15) is 28.8 Å². The van der Waals surface area contributed by atoms with E-state index in [0.717, 1.165) is 36.1 Å². The van der Waals surface area contributed by atoms with Gasteiger partial charge in [0.2, 0.25) is 11.8 Å². The van der Waals surface area contributed by atoms with Crippen LogP contribution >= 0.6 is 0 Å². The SMILES string of the molecule is Cc1ccccc1-c1nnc(-c2ccc(C(=O)NCCCCN(C)c3ccccc3)cc2)o1. The van der Waals surface area contributed by atoms with Crippen LogP contribution in [0, 0.1) is 6.92 Å². The second-order valence-electron chi connectivity index (χ2n) is 8.02. The van der Waals surface area contributed by atoms with E-state index in [4.69, 9.17) is 4.42 Å². The Labute approximate surface area is 194 Å². The molecule has 1 N–H and O–H groups in total. The maximum atomic E-state index is 12.5. The summed E-state index contributed by atoms with van der Waals surface area (Å²) in [7, 11) is 2.09. The van der Waals surface area contributed by atoms with Gasteiger partial charge in [0.1, 0.15) is 0 Å². The van der Waals surface area contributed by atoms with Gasteiger partial charge >= 0.3 is 0 Å². The third kappa shape index (κ3) is 5.66. The Morgan fingerprint density at radius 2 is 1.58 bits per heavy atom. The number of rotatable bonds is 9. The van der Waals surface area contributed by atoms with Gasteiger partial charge in [0.25, 0.3) is 5.91 Å². The quantitative estimate of drug-likeness (QED) is 0.355.